The molecule has 0 aliphatic heterocycles. The molecule has 1 aromatic heterocycles. The number of sulfonamides is 1. The lowest BCUT2D eigenvalue weighted by atomic mass is 10.2. The van der Waals surface area contributed by atoms with Gasteiger partial charge in [-0.1, -0.05) is 12.1 Å². The summed E-state index contributed by atoms with van der Waals surface area (Å²) in [6, 6.07) is 8.86. The maximum Gasteiger partial charge on any atom is 0.240 e. The number of benzene rings is 1. The standard InChI is InChI=1S/C15H18N4O2S/c1-11-8-15(18-10-17-11)16-9-12-2-6-14(7-3-12)22(20,21)19-13-4-5-13/h2-3,6-8,10,13,19H,4-5,9H2,1H3,(H,16,17,18). The van der Waals surface area contributed by atoms with Crippen molar-refractivity contribution in [1.29, 1.82) is 0 Å². The topological polar surface area (TPSA) is 84.0 Å². The van der Waals surface area contributed by atoms with Crippen LogP contribution in [0.15, 0.2) is 41.6 Å². The molecule has 6 nitrogen and oxygen atoms in total. The number of aromatic nitrogens is 2. The molecular formula is C15H18N4O2S. The molecule has 0 amide bonds. The molecule has 0 bridgehead atoms. The van der Waals surface area contributed by atoms with Crippen molar-refractivity contribution in [1.82, 2.24) is 14.7 Å². The van der Waals surface area contributed by atoms with E-state index in [2.05, 4.69) is 20.0 Å². The SMILES string of the molecule is Cc1cc(NCc2ccc(S(=O)(=O)NC3CC3)cc2)ncn1. The minimum absolute atomic E-state index is 0.118. The third kappa shape index (κ3) is 3.80. The van der Waals surface area contributed by atoms with Gasteiger partial charge in [0.1, 0.15) is 12.1 Å². The summed E-state index contributed by atoms with van der Waals surface area (Å²) in [7, 11) is -3.38. The molecule has 1 aliphatic rings. The van der Waals surface area contributed by atoms with Crippen LogP contribution in [0, 0.1) is 6.92 Å². The summed E-state index contributed by atoms with van der Waals surface area (Å²) < 4.78 is 26.8. The number of hydrogen-bond donors (Lipinski definition) is 2. The van der Waals surface area contributed by atoms with E-state index in [0.29, 0.717) is 11.4 Å². The van der Waals surface area contributed by atoms with Gasteiger partial charge in [-0.25, -0.2) is 23.1 Å². The van der Waals surface area contributed by atoms with Crippen molar-refractivity contribution in [2.75, 3.05) is 5.32 Å². The van der Waals surface area contributed by atoms with Crippen LogP contribution in [0.1, 0.15) is 24.1 Å². The van der Waals surface area contributed by atoms with Gasteiger partial charge in [-0.05, 0) is 37.5 Å². The highest BCUT2D eigenvalue weighted by Crippen LogP contribution is 2.22. The van der Waals surface area contributed by atoms with Crippen LogP contribution in [-0.2, 0) is 16.6 Å². The molecule has 2 N–H and O–H groups in total. The number of aryl methyl sites for hydroxylation is 1. The number of nitrogens with zero attached hydrogens (tertiary/aromatic N) is 2. The predicted octanol–water partition coefficient (Wildman–Crippen LogP) is 1.84. The Hall–Kier alpha value is -1.99. The second-order valence-electron chi connectivity index (χ2n) is 5.44. The Kier molecular flexibility index (Phi) is 4.08. The highest BCUT2D eigenvalue weighted by molar-refractivity contribution is 7.89. The van der Waals surface area contributed by atoms with Gasteiger partial charge >= 0.3 is 0 Å². The Morgan fingerprint density at radius 1 is 1.18 bits per heavy atom. The largest absolute Gasteiger partial charge is 0.366 e. The van der Waals surface area contributed by atoms with Gasteiger partial charge in [0.05, 0.1) is 4.90 Å². The van der Waals surface area contributed by atoms with E-state index in [1.165, 1.54) is 6.33 Å². The number of rotatable bonds is 6. The Morgan fingerprint density at radius 2 is 1.91 bits per heavy atom. The maximum atomic E-state index is 12.1. The van der Waals surface area contributed by atoms with Crippen LogP contribution in [0.3, 0.4) is 0 Å². The molecule has 2 aromatic rings. The van der Waals surface area contributed by atoms with Gasteiger partial charge in [-0.3, -0.25) is 0 Å². The summed E-state index contributed by atoms with van der Waals surface area (Å²) in [4.78, 5) is 8.47. The smallest absolute Gasteiger partial charge is 0.240 e. The van der Waals surface area contributed by atoms with Crippen LogP contribution in [0.4, 0.5) is 5.82 Å². The number of nitrogens with one attached hydrogen (secondary N) is 2. The monoisotopic (exact) mass is 318 g/mol. The van der Waals surface area contributed by atoms with E-state index in [1.54, 1.807) is 12.1 Å². The van der Waals surface area contributed by atoms with Crippen LogP contribution >= 0.6 is 0 Å². The average molecular weight is 318 g/mol. The quantitative estimate of drug-likeness (QED) is 0.849. The molecule has 3 rings (SSSR count). The highest BCUT2D eigenvalue weighted by atomic mass is 32.2. The minimum atomic E-state index is -3.38. The molecule has 116 valence electrons. The molecule has 1 aromatic carbocycles. The molecule has 0 saturated heterocycles. The molecule has 1 heterocycles. The van der Waals surface area contributed by atoms with Gasteiger partial charge in [-0.15, -0.1) is 0 Å². The Morgan fingerprint density at radius 3 is 2.55 bits per heavy atom. The van der Waals surface area contributed by atoms with Crippen molar-refractivity contribution < 1.29 is 8.42 Å². The van der Waals surface area contributed by atoms with Gasteiger partial charge in [0.2, 0.25) is 10.0 Å². The summed E-state index contributed by atoms with van der Waals surface area (Å²) in [5.74, 6) is 0.750. The molecule has 7 heteroatoms. The first-order chi connectivity index (χ1) is 10.5. The first-order valence-electron chi connectivity index (χ1n) is 7.17. The fourth-order valence-corrected chi connectivity index (χ4v) is 3.32. The molecule has 0 spiro atoms. The fraction of sp³-hybridized carbons (Fsp3) is 0.333. The van der Waals surface area contributed by atoms with Crippen LogP contribution in [0.25, 0.3) is 0 Å². The molecule has 0 atom stereocenters. The normalized spacial score (nSPS) is 14.8. The lowest BCUT2D eigenvalue weighted by molar-refractivity contribution is 0.581. The minimum Gasteiger partial charge on any atom is -0.366 e. The van der Waals surface area contributed by atoms with Gasteiger partial charge < -0.3 is 5.32 Å². The van der Waals surface area contributed by atoms with Gasteiger partial charge in [-0.2, -0.15) is 0 Å². The zero-order chi connectivity index (χ0) is 15.6. The molecule has 1 fully saturated rings. The molecule has 0 unspecified atom stereocenters. The summed E-state index contributed by atoms with van der Waals surface area (Å²) in [6.07, 6.45) is 3.37. The summed E-state index contributed by atoms with van der Waals surface area (Å²) >= 11 is 0. The van der Waals surface area contributed by atoms with Gasteiger partial charge in [0.15, 0.2) is 0 Å². The van der Waals surface area contributed by atoms with E-state index < -0.39 is 10.0 Å². The van der Waals surface area contributed by atoms with E-state index in [9.17, 15) is 8.42 Å². The van der Waals surface area contributed by atoms with Crippen LogP contribution in [0.5, 0.6) is 0 Å². The third-order valence-electron chi connectivity index (χ3n) is 3.41. The van der Waals surface area contributed by atoms with Crippen LogP contribution in [0.2, 0.25) is 0 Å². The zero-order valence-corrected chi connectivity index (χ0v) is 13.1. The van der Waals surface area contributed by atoms with Crippen LogP contribution < -0.4 is 10.0 Å². The fourth-order valence-electron chi connectivity index (χ4n) is 2.02. The van der Waals surface area contributed by atoms with E-state index in [-0.39, 0.29) is 6.04 Å². The Labute approximate surface area is 130 Å². The molecule has 1 saturated carbocycles. The lowest BCUT2D eigenvalue weighted by Gasteiger charge is -2.08. The Balaban J connectivity index is 1.64. The van der Waals surface area contributed by atoms with E-state index in [1.807, 2.05) is 25.1 Å². The van der Waals surface area contributed by atoms with E-state index >= 15 is 0 Å². The van der Waals surface area contributed by atoms with Crippen LogP contribution in [-0.4, -0.2) is 24.4 Å². The maximum absolute atomic E-state index is 12.1. The first kappa shape index (κ1) is 14.9. The number of hydrogen-bond acceptors (Lipinski definition) is 5. The second-order valence-corrected chi connectivity index (χ2v) is 7.15. The lowest BCUT2D eigenvalue weighted by Crippen LogP contribution is -2.25. The molecule has 0 radical (unpaired) electrons. The van der Waals surface area contributed by atoms with Crippen molar-refractivity contribution in [2.45, 2.75) is 37.2 Å². The third-order valence-corrected chi connectivity index (χ3v) is 4.95. The second kappa shape index (κ2) is 6.02. The average Bonchev–Trinajstić information content (AvgIpc) is 3.29. The van der Waals surface area contributed by atoms with E-state index in [0.717, 1.165) is 29.9 Å². The van der Waals surface area contributed by atoms with Crippen molar-refractivity contribution in [3.05, 3.63) is 47.9 Å². The van der Waals surface area contributed by atoms with Crippen molar-refractivity contribution in [2.24, 2.45) is 0 Å². The summed E-state index contributed by atoms with van der Waals surface area (Å²) in [5, 5.41) is 3.19. The highest BCUT2D eigenvalue weighted by Gasteiger charge is 2.27. The van der Waals surface area contributed by atoms with Gasteiger partial charge in [0.25, 0.3) is 0 Å². The first-order valence-corrected chi connectivity index (χ1v) is 8.65. The molecule has 22 heavy (non-hydrogen) atoms. The Bertz CT molecular complexity index is 755. The zero-order valence-electron chi connectivity index (χ0n) is 12.3. The van der Waals surface area contributed by atoms with Crippen molar-refractivity contribution in [3.63, 3.8) is 0 Å². The number of anilines is 1. The van der Waals surface area contributed by atoms with E-state index in [4.69, 9.17) is 0 Å². The van der Waals surface area contributed by atoms with Crippen molar-refractivity contribution >= 4 is 15.8 Å². The molecular weight excluding hydrogens is 300 g/mol. The predicted molar refractivity (Wildman–Crippen MR) is 83.9 cm³/mol. The van der Waals surface area contributed by atoms with Crippen molar-refractivity contribution in [3.8, 4) is 0 Å². The molecule has 1 aliphatic carbocycles. The summed E-state index contributed by atoms with van der Waals surface area (Å²) in [6.45, 7) is 2.48. The van der Waals surface area contributed by atoms with Gasteiger partial charge in [0, 0.05) is 24.3 Å². The summed E-state index contributed by atoms with van der Waals surface area (Å²) in [5.41, 5.74) is 1.88.